The van der Waals surface area contributed by atoms with E-state index in [1.165, 1.54) is 32.1 Å². The zero-order chi connectivity index (χ0) is 9.52. The summed E-state index contributed by atoms with van der Waals surface area (Å²) in [5.41, 5.74) is 0. The van der Waals surface area contributed by atoms with Crippen molar-refractivity contribution in [3.05, 3.63) is 12.7 Å². The molecule has 13 heavy (non-hydrogen) atoms. The molecule has 0 saturated heterocycles. The van der Waals surface area contributed by atoms with Gasteiger partial charge in [0.25, 0.3) is 0 Å². The zero-order valence-corrected chi connectivity index (χ0v) is 9.55. The molecule has 1 aliphatic carbocycles. The highest BCUT2D eigenvalue weighted by molar-refractivity contribution is 8.23. The van der Waals surface area contributed by atoms with E-state index in [9.17, 15) is 0 Å². The van der Waals surface area contributed by atoms with E-state index in [1.807, 2.05) is 6.08 Å². The van der Waals surface area contributed by atoms with Gasteiger partial charge in [0, 0.05) is 11.8 Å². The molecule has 0 heterocycles. The molecule has 1 saturated carbocycles. The molecule has 1 rings (SSSR count). The Labute approximate surface area is 90.4 Å². The maximum atomic E-state index is 5.20. The molecule has 1 fully saturated rings. The Bertz CT molecular complexity index is 174. The molecule has 0 spiro atoms. The summed E-state index contributed by atoms with van der Waals surface area (Å²) < 4.78 is 0.937. The lowest BCUT2D eigenvalue weighted by Crippen LogP contribution is -2.33. The highest BCUT2D eigenvalue weighted by Crippen LogP contribution is 2.18. The number of thioether (sulfide) groups is 1. The van der Waals surface area contributed by atoms with Crippen LogP contribution in [0.25, 0.3) is 0 Å². The third-order valence-corrected chi connectivity index (χ3v) is 3.51. The lowest BCUT2D eigenvalue weighted by atomic mass is 9.96. The summed E-state index contributed by atoms with van der Waals surface area (Å²) in [5.74, 6) is 0.915. The van der Waals surface area contributed by atoms with Crippen LogP contribution in [-0.4, -0.2) is 16.1 Å². The third kappa shape index (κ3) is 4.67. The van der Waals surface area contributed by atoms with Gasteiger partial charge in [0.2, 0.25) is 0 Å². The topological polar surface area (TPSA) is 12.0 Å². The van der Waals surface area contributed by atoms with Gasteiger partial charge in [-0.3, -0.25) is 0 Å². The van der Waals surface area contributed by atoms with Crippen molar-refractivity contribution in [2.24, 2.45) is 0 Å². The van der Waals surface area contributed by atoms with Crippen LogP contribution in [0, 0.1) is 0 Å². The van der Waals surface area contributed by atoms with Crippen LogP contribution in [-0.2, 0) is 0 Å². The molecule has 74 valence electrons. The number of nitrogens with one attached hydrogen (secondary N) is 1. The van der Waals surface area contributed by atoms with Crippen molar-refractivity contribution in [1.29, 1.82) is 0 Å². The van der Waals surface area contributed by atoms with Crippen LogP contribution in [0.4, 0.5) is 0 Å². The Hall–Kier alpha value is -0.0200. The number of rotatable bonds is 3. The van der Waals surface area contributed by atoms with Crippen LogP contribution in [0.15, 0.2) is 12.7 Å². The van der Waals surface area contributed by atoms with E-state index in [1.54, 1.807) is 11.8 Å². The van der Waals surface area contributed by atoms with Crippen molar-refractivity contribution >= 4 is 28.3 Å². The third-order valence-electron chi connectivity index (χ3n) is 2.26. The molecule has 0 aromatic carbocycles. The molecule has 0 bridgehead atoms. The van der Waals surface area contributed by atoms with Crippen LogP contribution >= 0.6 is 24.0 Å². The molecule has 0 amide bonds. The van der Waals surface area contributed by atoms with Crippen molar-refractivity contribution in [2.75, 3.05) is 5.75 Å². The van der Waals surface area contributed by atoms with Crippen LogP contribution < -0.4 is 5.32 Å². The summed E-state index contributed by atoms with van der Waals surface area (Å²) in [6.45, 7) is 3.67. The molecular formula is C10H17NS2. The van der Waals surface area contributed by atoms with E-state index < -0.39 is 0 Å². The Balaban J connectivity index is 2.14. The first-order valence-electron chi connectivity index (χ1n) is 4.87. The summed E-state index contributed by atoms with van der Waals surface area (Å²) in [5, 5.41) is 3.40. The summed E-state index contributed by atoms with van der Waals surface area (Å²) in [4.78, 5) is 0. The van der Waals surface area contributed by atoms with Crippen molar-refractivity contribution in [3.8, 4) is 0 Å². The summed E-state index contributed by atoms with van der Waals surface area (Å²) in [6.07, 6.45) is 8.56. The Morgan fingerprint density at radius 2 is 2.15 bits per heavy atom. The number of hydrogen-bond donors (Lipinski definition) is 1. The largest absolute Gasteiger partial charge is 0.368 e. The monoisotopic (exact) mass is 215 g/mol. The fraction of sp³-hybridized carbons (Fsp3) is 0.700. The molecular weight excluding hydrogens is 198 g/mol. The van der Waals surface area contributed by atoms with Gasteiger partial charge in [-0.05, 0) is 12.8 Å². The van der Waals surface area contributed by atoms with Gasteiger partial charge in [-0.2, -0.15) is 0 Å². The molecule has 0 atom stereocenters. The highest BCUT2D eigenvalue weighted by atomic mass is 32.2. The predicted molar refractivity (Wildman–Crippen MR) is 65.3 cm³/mol. The van der Waals surface area contributed by atoms with Crippen LogP contribution in [0.2, 0.25) is 0 Å². The number of hydrogen-bond acceptors (Lipinski definition) is 2. The second kappa shape index (κ2) is 6.44. The second-order valence-electron chi connectivity index (χ2n) is 3.37. The quantitative estimate of drug-likeness (QED) is 0.574. The van der Waals surface area contributed by atoms with E-state index in [0.717, 1.165) is 10.1 Å². The van der Waals surface area contributed by atoms with Crippen LogP contribution in [0.3, 0.4) is 0 Å². The summed E-state index contributed by atoms with van der Waals surface area (Å²) in [7, 11) is 0. The standard InChI is InChI=1S/C10H17NS2/c1-2-8-13-10(12)11-9-6-4-3-5-7-9/h2,9H,1,3-8H2,(H,11,12). The Morgan fingerprint density at radius 1 is 1.46 bits per heavy atom. The van der Waals surface area contributed by atoms with Crippen LogP contribution in [0.1, 0.15) is 32.1 Å². The molecule has 3 heteroatoms. The lowest BCUT2D eigenvalue weighted by molar-refractivity contribution is 0.416. The SMILES string of the molecule is C=CCSC(=S)NC1CCCCC1. The normalized spacial score (nSPS) is 18.2. The van der Waals surface area contributed by atoms with Gasteiger partial charge in [0.05, 0.1) is 0 Å². The molecule has 0 aromatic heterocycles. The van der Waals surface area contributed by atoms with E-state index >= 15 is 0 Å². The lowest BCUT2D eigenvalue weighted by Gasteiger charge is -2.23. The minimum Gasteiger partial charge on any atom is -0.368 e. The smallest absolute Gasteiger partial charge is 0.134 e. The molecule has 0 aliphatic heterocycles. The minimum absolute atomic E-state index is 0.638. The van der Waals surface area contributed by atoms with E-state index in [-0.39, 0.29) is 0 Å². The summed E-state index contributed by atoms with van der Waals surface area (Å²) in [6, 6.07) is 0.638. The van der Waals surface area contributed by atoms with Gasteiger partial charge in [0.15, 0.2) is 0 Å². The highest BCUT2D eigenvalue weighted by Gasteiger charge is 2.13. The molecule has 1 N–H and O–H groups in total. The first-order valence-corrected chi connectivity index (χ1v) is 6.26. The average Bonchev–Trinajstić information content (AvgIpc) is 2.16. The first kappa shape index (κ1) is 11.1. The molecule has 1 aliphatic rings. The van der Waals surface area contributed by atoms with Crippen molar-refractivity contribution in [3.63, 3.8) is 0 Å². The van der Waals surface area contributed by atoms with E-state index in [4.69, 9.17) is 12.2 Å². The van der Waals surface area contributed by atoms with Crippen LogP contribution in [0.5, 0.6) is 0 Å². The maximum Gasteiger partial charge on any atom is 0.134 e. The average molecular weight is 215 g/mol. The van der Waals surface area contributed by atoms with Gasteiger partial charge in [-0.1, -0.05) is 49.3 Å². The molecule has 1 nitrogen and oxygen atoms in total. The maximum absolute atomic E-state index is 5.20. The van der Waals surface area contributed by atoms with Gasteiger partial charge < -0.3 is 5.32 Å². The Morgan fingerprint density at radius 3 is 2.77 bits per heavy atom. The second-order valence-corrected chi connectivity index (χ2v) is 5.06. The molecule has 0 unspecified atom stereocenters. The van der Waals surface area contributed by atoms with E-state index in [2.05, 4.69) is 11.9 Å². The zero-order valence-electron chi connectivity index (χ0n) is 7.92. The summed E-state index contributed by atoms with van der Waals surface area (Å²) >= 11 is 6.88. The van der Waals surface area contributed by atoms with Gasteiger partial charge in [-0.25, -0.2) is 0 Å². The molecule has 0 aromatic rings. The number of thiocarbonyl (C=S) groups is 1. The minimum atomic E-state index is 0.638. The fourth-order valence-corrected chi connectivity index (χ4v) is 2.48. The van der Waals surface area contributed by atoms with Gasteiger partial charge in [0.1, 0.15) is 4.32 Å². The van der Waals surface area contributed by atoms with E-state index in [0.29, 0.717) is 6.04 Å². The predicted octanol–water partition coefficient (Wildman–Crippen LogP) is 3.11. The van der Waals surface area contributed by atoms with Crippen molar-refractivity contribution in [1.82, 2.24) is 5.32 Å². The van der Waals surface area contributed by atoms with Gasteiger partial charge >= 0.3 is 0 Å². The first-order chi connectivity index (χ1) is 6.33. The van der Waals surface area contributed by atoms with Crippen molar-refractivity contribution < 1.29 is 0 Å². The Kier molecular flexibility index (Phi) is 5.47. The van der Waals surface area contributed by atoms with Gasteiger partial charge in [-0.15, -0.1) is 6.58 Å². The molecule has 0 radical (unpaired) electrons. The fourth-order valence-electron chi connectivity index (χ4n) is 1.59. The van der Waals surface area contributed by atoms with Crippen molar-refractivity contribution in [2.45, 2.75) is 38.1 Å².